The highest BCUT2D eigenvalue weighted by Gasteiger charge is 2.14. The summed E-state index contributed by atoms with van der Waals surface area (Å²) in [6.45, 7) is 9.76. The van der Waals surface area contributed by atoms with Gasteiger partial charge >= 0.3 is 0 Å². The van der Waals surface area contributed by atoms with Crippen LogP contribution in [0.25, 0.3) is 0 Å². The fraction of sp³-hybridized carbons (Fsp3) is 0.421. The Labute approximate surface area is 147 Å². The van der Waals surface area contributed by atoms with Crippen molar-refractivity contribution < 1.29 is 9.59 Å². The van der Waals surface area contributed by atoms with Crippen molar-refractivity contribution in [2.45, 2.75) is 53.9 Å². The predicted octanol–water partition coefficient (Wildman–Crippen LogP) is 4.68. The van der Waals surface area contributed by atoms with E-state index in [2.05, 4.69) is 10.3 Å². The number of aromatic nitrogens is 1. The number of thiazole rings is 1. The van der Waals surface area contributed by atoms with Crippen LogP contribution >= 0.6 is 11.3 Å². The normalized spacial score (nSPS) is 10.7. The van der Waals surface area contributed by atoms with E-state index in [4.69, 9.17) is 0 Å². The minimum absolute atomic E-state index is 0.0631. The number of anilines is 1. The second kappa shape index (κ2) is 7.71. The summed E-state index contributed by atoms with van der Waals surface area (Å²) in [5.74, 6) is 0.0505. The molecule has 1 heterocycles. The Morgan fingerprint density at radius 3 is 2.21 bits per heavy atom. The smallest absolute Gasteiger partial charge is 0.225 e. The summed E-state index contributed by atoms with van der Waals surface area (Å²) in [5, 5.41) is 4.61. The fourth-order valence-corrected chi connectivity index (χ4v) is 3.83. The van der Waals surface area contributed by atoms with Gasteiger partial charge in [-0.3, -0.25) is 9.59 Å². The van der Waals surface area contributed by atoms with Gasteiger partial charge in [0.25, 0.3) is 0 Å². The lowest BCUT2D eigenvalue weighted by Gasteiger charge is -2.10. The molecule has 128 valence electrons. The monoisotopic (exact) mass is 344 g/mol. The second-order valence-electron chi connectivity index (χ2n) is 6.25. The Hall–Kier alpha value is -2.01. The minimum Gasteiger partial charge on any atom is -0.316 e. The van der Waals surface area contributed by atoms with E-state index in [1.807, 2.05) is 46.8 Å². The van der Waals surface area contributed by atoms with Crippen molar-refractivity contribution in [3.63, 3.8) is 0 Å². The number of benzene rings is 1. The first-order valence-electron chi connectivity index (χ1n) is 8.13. The van der Waals surface area contributed by atoms with Gasteiger partial charge in [-0.1, -0.05) is 17.7 Å². The molecule has 0 spiro atoms. The van der Waals surface area contributed by atoms with Crippen molar-refractivity contribution in [3.8, 4) is 0 Å². The number of Topliss-reactive ketones (excluding diaryl/α,β-unsaturated/α-hetero) is 1. The molecule has 0 aliphatic heterocycles. The van der Waals surface area contributed by atoms with E-state index in [0.717, 1.165) is 38.0 Å². The van der Waals surface area contributed by atoms with Gasteiger partial charge < -0.3 is 5.32 Å². The van der Waals surface area contributed by atoms with Gasteiger partial charge in [-0.15, -0.1) is 11.3 Å². The molecule has 1 N–H and O–H groups in total. The van der Waals surface area contributed by atoms with Crippen LogP contribution in [-0.2, 0) is 4.79 Å². The molecule has 0 radical (unpaired) electrons. The largest absolute Gasteiger partial charge is 0.316 e. The first-order valence-corrected chi connectivity index (χ1v) is 8.94. The molecule has 1 aromatic carbocycles. The maximum absolute atomic E-state index is 12.5. The molecule has 0 atom stereocenters. The zero-order chi connectivity index (χ0) is 17.9. The summed E-state index contributed by atoms with van der Waals surface area (Å²) < 4.78 is 0. The van der Waals surface area contributed by atoms with E-state index in [-0.39, 0.29) is 11.7 Å². The third-order valence-electron chi connectivity index (χ3n) is 3.92. The predicted molar refractivity (Wildman–Crippen MR) is 99.1 cm³/mol. The summed E-state index contributed by atoms with van der Waals surface area (Å²) in [5.41, 5.74) is 4.83. The Bertz CT molecular complexity index is 755. The number of rotatable bonds is 6. The Balaban J connectivity index is 1.89. The molecule has 1 aromatic heterocycles. The standard InChI is InChI=1S/C19H24N2O2S/c1-11-9-12(2)18(13(3)10-11)16(22)7-6-8-17(23)21-19-14(4)20-15(5)24-19/h9-10H,6-8H2,1-5H3,(H,21,23). The number of carbonyl (C=O) groups is 2. The van der Waals surface area contributed by atoms with E-state index < -0.39 is 0 Å². The van der Waals surface area contributed by atoms with Crippen LogP contribution in [0.1, 0.15) is 57.0 Å². The lowest BCUT2D eigenvalue weighted by atomic mass is 9.94. The molecule has 0 saturated heterocycles. The quantitative estimate of drug-likeness (QED) is 0.774. The molecular formula is C19H24N2O2S. The van der Waals surface area contributed by atoms with E-state index >= 15 is 0 Å². The molecular weight excluding hydrogens is 320 g/mol. The summed E-state index contributed by atoms with van der Waals surface area (Å²) in [7, 11) is 0. The number of aryl methyl sites for hydroxylation is 5. The molecule has 5 heteroatoms. The van der Waals surface area contributed by atoms with E-state index in [1.54, 1.807) is 0 Å². The number of ketones is 1. The second-order valence-corrected chi connectivity index (χ2v) is 7.45. The number of hydrogen-bond acceptors (Lipinski definition) is 4. The van der Waals surface area contributed by atoms with Crippen LogP contribution in [0.3, 0.4) is 0 Å². The van der Waals surface area contributed by atoms with Crippen molar-refractivity contribution in [1.29, 1.82) is 0 Å². The van der Waals surface area contributed by atoms with Gasteiger partial charge in [-0.05, 0) is 52.2 Å². The van der Waals surface area contributed by atoms with Gasteiger partial charge in [0.2, 0.25) is 5.91 Å². The molecule has 0 aliphatic carbocycles. The maximum Gasteiger partial charge on any atom is 0.225 e. The van der Waals surface area contributed by atoms with Gasteiger partial charge in [-0.25, -0.2) is 4.98 Å². The van der Waals surface area contributed by atoms with Crippen molar-refractivity contribution in [2.24, 2.45) is 0 Å². The number of nitrogens with one attached hydrogen (secondary N) is 1. The van der Waals surface area contributed by atoms with Crippen LogP contribution in [-0.4, -0.2) is 16.7 Å². The van der Waals surface area contributed by atoms with Crippen molar-refractivity contribution in [2.75, 3.05) is 5.32 Å². The van der Waals surface area contributed by atoms with E-state index in [9.17, 15) is 9.59 Å². The summed E-state index contributed by atoms with van der Waals surface area (Å²) in [6.07, 6.45) is 1.28. The van der Waals surface area contributed by atoms with Gasteiger partial charge in [0.15, 0.2) is 5.78 Å². The van der Waals surface area contributed by atoms with Crippen LogP contribution in [0.15, 0.2) is 12.1 Å². The van der Waals surface area contributed by atoms with Gasteiger partial charge in [0.1, 0.15) is 5.00 Å². The van der Waals surface area contributed by atoms with Crippen LogP contribution in [0.5, 0.6) is 0 Å². The molecule has 2 aromatic rings. The molecule has 0 saturated carbocycles. The third-order valence-corrected chi connectivity index (χ3v) is 4.91. The van der Waals surface area contributed by atoms with Gasteiger partial charge in [-0.2, -0.15) is 0 Å². The van der Waals surface area contributed by atoms with Gasteiger partial charge in [0, 0.05) is 18.4 Å². The molecule has 24 heavy (non-hydrogen) atoms. The van der Waals surface area contributed by atoms with Crippen LogP contribution in [0.2, 0.25) is 0 Å². The zero-order valence-corrected chi connectivity index (χ0v) is 15.8. The minimum atomic E-state index is -0.0631. The molecule has 4 nitrogen and oxygen atoms in total. The average molecular weight is 344 g/mol. The first-order chi connectivity index (χ1) is 11.3. The summed E-state index contributed by atoms with van der Waals surface area (Å²) in [4.78, 5) is 28.8. The van der Waals surface area contributed by atoms with E-state index in [0.29, 0.717) is 19.3 Å². The molecule has 0 bridgehead atoms. The lowest BCUT2D eigenvalue weighted by molar-refractivity contribution is -0.116. The number of carbonyl (C=O) groups excluding carboxylic acids is 2. The molecule has 1 amide bonds. The highest BCUT2D eigenvalue weighted by atomic mass is 32.1. The van der Waals surface area contributed by atoms with Crippen LogP contribution in [0, 0.1) is 34.6 Å². The SMILES string of the molecule is Cc1cc(C)c(C(=O)CCCC(=O)Nc2sc(C)nc2C)c(C)c1. The average Bonchev–Trinajstić information content (AvgIpc) is 2.75. The van der Waals surface area contributed by atoms with Gasteiger partial charge in [0.05, 0.1) is 10.7 Å². The molecule has 0 fully saturated rings. The summed E-state index contributed by atoms with van der Waals surface area (Å²) in [6, 6.07) is 4.06. The Morgan fingerprint density at radius 2 is 1.67 bits per heavy atom. The lowest BCUT2D eigenvalue weighted by Crippen LogP contribution is -2.12. The van der Waals surface area contributed by atoms with E-state index in [1.165, 1.54) is 11.3 Å². The first kappa shape index (κ1) is 18.3. The fourth-order valence-electron chi connectivity index (χ4n) is 2.99. The molecule has 0 unspecified atom stereocenters. The van der Waals surface area contributed by atoms with Crippen LogP contribution in [0.4, 0.5) is 5.00 Å². The van der Waals surface area contributed by atoms with Crippen LogP contribution < -0.4 is 5.32 Å². The summed E-state index contributed by atoms with van der Waals surface area (Å²) >= 11 is 1.47. The zero-order valence-electron chi connectivity index (χ0n) is 14.9. The van der Waals surface area contributed by atoms with Crippen molar-refractivity contribution >= 4 is 28.0 Å². The third kappa shape index (κ3) is 4.51. The highest BCUT2D eigenvalue weighted by Crippen LogP contribution is 2.23. The number of amides is 1. The number of hydrogen-bond donors (Lipinski definition) is 1. The molecule has 2 rings (SSSR count). The Kier molecular flexibility index (Phi) is 5.89. The number of nitrogens with zero attached hydrogens (tertiary/aromatic N) is 1. The Morgan fingerprint density at radius 1 is 1.04 bits per heavy atom. The molecule has 0 aliphatic rings. The van der Waals surface area contributed by atoms with Crippen molar-refractivity contribution in [3.05, 3.63) is 45.1 Å². The topological polar surface area (TPSA) is 59.1 Å². The highest BCUT2D eigenvalue weighted by molar-refractivity contribution is 7.16. The van der Waals surface area contributed by atoms with Crippen molar-refractivity contribution in [1.82, 2.24) is 4.98 Å². The maximum atomic E-state index is 12.5.